The summed E-state index contributed by atoms with van der Waals surface area (Å²) in [6.07, 6.45) is -0.631. The second-order valence-corrected chi connectivity index (χ2v) is 4.49. The number of carbonyl (C=O) groups excluding carboxylic acids is 2. The molecule has 0 radical (unpaired) electrons. The van der Waals surface area contributed by atoms with Crippen LogP contribution in [0.15, 0.2) is 24.3 Å². The number of Topliss-reactive ketones (excluding diaryl/α,β-unsaturated/α-hetero) is 2. The number of ketones is 2. The van der Waals surface area contributed by atoms with Crippen LogP contribution in [0, 0.1) is 5.92 Å². The Balaban J connectivity index is 2.82. The Morgan fingerprint density at radius 3 is 2.17 bits per heavy atom. The van der Waals surface area contributed by atoms with Gasteiger partial charge in [-0.05, 0) is 18.4 Å². The minimum Gasteiger partial charge on any atom is -0.296 e. The summed E-state index contributed by atoms with van der Waals surface area (Å²) in [5.41, 5.74) is 1.34. The van der Waals surface area contributed by atoms with Gasteiger partial charge in [-0.2, -0.15) is 0 Å². The Bertz CT molecular complexity index is 423. The molecule has 0 aliphatic carbocycles. The van der Waals surface area contributed by atoms with Gasteiger partial charge in [-0.3, -0.25) is 9.59 Å². The van der Waals surface area contributed by atoms with E-state index < -0.39 is 23.7 Å². The normalized spacial score (nSPS) is 14.0. The van der Waals surface area contributed by atoms with Crippen molar-refractivity contribution in [3.63, 3.8) is 0 Å². The molecule has 0 spiro atoms. The van der Waals surface area contributed by atoms with E-state index in [0.717, 1.165) is 12.0 Å². The van der Waals surface area contributed by atoms with Gasteiger partial charge < -0.3 is 0 Å². The van der Waals surface area contributed by atoms with Gasteiger partial charge in [-0.15, -0.1) is 0 Å². The molecule has 3 heteroatoms. The Hall–Kier alpha value is -1.51. The SMILES string of the molecule is CCc1ccc(C(=O)C(F)C(=O)C(C)CC)cc1. The van der Waals surface area contributed by atoms with Crippen molar-refractivity contribution in [3.05, 3.63) is 35.4 Å². The minimum atomic E-state index is -2.03. The number of rotatable bonds is 6. The fourth-order valence-electron chi connectivity index (χ4n) is 1.63. The molecule has 0 heterocycles. The molecular formula is C15H19FO2. The number of hydrogen-bond acceptors (Lipinski definition) is 2. The highest BCUT2D eigenvalue weighted by molar-refractivity contribution is 6.13. The van der Waals surface area contributed by atoms with E-state index in [1.165, 1.54) is 0 Å². The molecule has 18 heavy (non-hydrogen) atoms. The van der Waals surface area contributed by atoms with E-state index in [-0.39, 0.29) is 5.56 Å². The zero-order valence-corrected chi connectivity index (χ0v) is 11.1. The van der Waals surface area contributed by atoms with E-state index >= 15 is 0 Å². The molecule has 98 valence electrons. The quantitative estimate of drug-likeness (QED) is 0.573. The van der Waals surface area contributed by atoms with Crippen molar-refractivity contribution in [2.75, 3.05) is 0 Å². The van der Waals surface area contributed by atoms with Gasteiger partial charge in [0.2, 0.25) is 12.0 Å². The summed E-state index contributed by atoms with van der Waals surface area (Å²) in [6, 6.07) is 6.73. The summed E-state index contributed by atoms with van der Waals surface area (Å²) >= 11 is 0. The topological polar surface area (TPSA) is 34.1 Å². The van der Waals surface area contributed by atoms with E-state index in [2.05, 4.69) is 0 Å². The summed E-state index contributed by atoms with van der Waals surface area (Å²) < 4.78 is 13.8. The third-order valence-corrected chi connectivity index (χ3v) is 3.22. The van der Waals surface area contributed by atoms with Gasteiger partial charge in [-0.25, -0.2) is 4.39 Å². The molecule has 2 nitrogen and oxygen atoms in total. The Labute approximate surface area is 107 Å². The highest BCUT2D eigenvalue weighted by atomic mass is 19.1. The molecule has 1 aromatic rings. The van der Waals surface area contributed by atoms with E-state index in [9.17, 15) is 14.0 Å². The first-order chi connectivity index (χ1) is 8.51. The smallest absolute Gasteiger partial charge is 0.221 e. The molecule has 0 saturated heterocycles. The Morgan fingerprint density at radius 1 is 1.17 bits per heavy atom. The molecule has 1 rings (SSSR count). The molecule has 2 unspecified atom stereocenters. The summed E-state index contributed by atoms with van der Waals surface area (Å²) in [4.78, 5) is 23.4. The van der Waals surface area contributed by atoms with Crippen LogP contribution in [0.4, 0.5) is 4.39 Å². The Morgan fingerprint density at radius 2 is 1.72 bits per heavy atom. The first-order valence-electron chi connectivity index (χ1n) is 6.32. The van der Waals surface area contributed by atoms with Gasteiger partial charge in [0.25, 0.3) is 0 Å². The fraction of sp³-hybridized carbons (Fsp3) is 0.467. The lowest BCUT2D eigenvalue weighted by Crippen LogP contribution is -2.30. The molecule has 0 fully saturated rings. The van der Waals surface area contributed by atoms with Gasteiger partial charge in [-0.1, -0.05) is 45.0 Å². The lowest BCUT2D eigenvalue weighted by Gasteiger charge is -2.11. The summed E-state index contributed by atoms with van der Waals surface area (Å²) in [5, 5.41) is 0. The molecule has 1 aromatic carbocycles. The molecule has 2 atom stereocenters. The second kappa shape index (κ2) is 6.43. The van der Waals surface area contributed by atoms with Crippen molar-refractivity contribution in [1.29, 1.82) is 0 Å². The van der Waals surface area contributed by atoms with Crippen LogP contribution in [-0.2, 0) is 11.2 Å². The van der Waals surface area contributed by atoms with Gasteiger partial charge in [0.05, 0.1) is 0 Å². The molecule has 0 N–H and O–H groups in total. The number of aryl methyl sites for hydroxylation is 1. The van der Waals surface area contributed by atoms with Gasteiger partial charge in [0, 0.05) is 11.5 Å². The number of benzene rings is 1. The maximum absolute atomic E-state index is 13.8. The predicted octanol–water partition coefficient (Wildman–Crippen LogP) is 3.39. The van der Waals surface area contributed by atoms with Crippen LogP contribution in [0.25, 0.3) is 0 Å². The number of halogens is 1. The van der Waals surface area contributed by atoms with Crippen LogP contribution in [-0.4, -0.2) is 17.7 Å². The van der Waals surface area contributed by atoms with Crippen LogP contribution >= 0.6 is 0 Å². The molecule has 0 amide bonds. The van der Waals surface area contributed by atoms with Crippen LogP contribution in [0.1, 0.15) is 43.1 Å². The standard InChI is InChI=1S/C15H19FO2/c1-4-10(3)14(17)13(16)15(18)12-8-6-11(5-2)7-9-12/h6-10,13H,4-5H2,1-3H3. The molecule has 0 bridgehead atoms. The first-order valence-corrected chi connectivity index (χ1v) is 6.32. The summed E-state index contributed by atoms with van der Waals surface area (Å²) in [6.45, 7) is 5.44. The van der Waals surface area contributed by atoms with E-state index in [0.29, 0.717) is 6.42 Å². The monoisotopic (exact) mass is 250 g/mol. The van der Waals surface area contributed by atoms with Crippen LogP contribution in [0.2, 0.25) is 0 Å². The zero-order valence-electron chi connectivity index (χ0n) is 11.1. The second-order valence-electron chi connectivity index (χ2n) is 4.49. The highest BCUT2D eigenvalue weighted by Crippen LogP contribution is 2.14. The van der Waals surface area contributed by atoms with Crippen molar-refractivity contribution in [3.8, 4) is 0 Å². The zero-order chi connectivity index (χ0) is 13.7. The number of alkyl halides is 1. The summed E-state index contributed by atoms with van der Waals surface area (Å²) in [5.74, 6) is -1.77. The maximum Gasteiger partial charge on any atom is 0.221 e. The van der Waals surface area contributed by atoms with Gasteiger partial charge >= 0.3 is 0 Å². The Kier molecular flexibility index (Phi) is 5.20. The van der Waals surface area contributed by atoms with E-state index in [1.807, 2.05) is 6.92 Å². The van der Waals surface area contributed by atoms with Crippen LogP contribution in [0.5, 0.6) is 0 Å². The largest absolute Gasteiger partial charge is 0.296 e. The average Bonchev–Trinajstić information content (AvgIpc) is 2.44. The lowest BCUT2D eigenvalue weighted by molar-refractivity contribution is -0.125. The third-order valence-electron chi connectivity index (χ3n) is 3.22. The lowest BCUT2D eigenvalue weighted by atomic mass is 9.94. The molecule has 0 aliphatic heterocycles. The highest BCUT2D eigenvalue weighted by Gasteiger charge is 2.29. The molecule has 0 aromatic heterocycles. The number of carbonyl (C=O) groups is 2. The van der Waals surface area contributed by atoms with Crippen molar-refractivity contribution < 1.29 is 14.0 Å². The molecular weight excluding hydrogens is 231 g/mol. The maximum atomic E-state index is 13.8. The number of hydrogen-bond donors (Lipinski definition) is 0. The van der Waals surface area contributed by atoms with Gasteiger partial charge in [0.1, 0.15) is 0 Å². The minimum absolute atomic E-state index is 0.261. The van der Waals surface area contributed by atoms with Gasteiger partial charge in [0.15, 0.2) is 5.78 Å². The van der Waals surface area contributed by atoms with Crippen LogP contribution in [0.3, 0.4) is 0 Å². The molecule has 0 aliphatic rings. The van der Waals surface area contributed by atoms with E-state index in [4.69, 9.17) is 0 Å². The third kappa shape index (κ3) is 3.25. The van der Waals surface area contributed by atoms with Crippen molar-refractivity contribution in [2.24, 2.45) is 5.92 Å². The summed E-state index contributed by atoms with van der Waals surface area (Å²) in [7, 11) is 0. The van der Waals surface area contributed by atoms with Crippen LogP contribution < -0.4 is 0 Å². The predicted molar refractivity (Wildman–Crippen MR) is 69.5 cm³/mol. The molecule has 0 saturated carbocycles. The fourth-order valence-corrected chi connectivity index (χ4v) is 1.63. The first kappa shape index (κ1) is 14.6. The average molecular weight is 250 g/mol. The van der Waals surface area contributed by atoms with Crippen molar-refractivity contribution in [2.45, 2.75) is 39.8 Å². The van der Waals surface area contributed by atoms with Crippen molar-refractivity contribution in [1.82, 2.24) is 0 Å². The van der Waals surface area contributed by atoms with Crippen molar-refractivity contribution >= 4 is 11.6 Å². The van der Waals surface area contributed by atoms with E-state index in [1.54, 1.807) is 38.1 Å².